The fourth-order valence-electron chi connectivity index (χ4n) is 1.34. The molecule has 1 aliphatic heterocycles. The molecule has 0 saturated heterocycles. The van der Waals surface area contributed by atoms with Crippen molar-refractivity contribution >= 4 is 5.78 Å². The maximum Gasteiger partial charge on any atom is 0.163 e. The summed E-state index contributed by atoms with van der Waals surface area (Å²) in [5, 5.41) is 0. The molecule has 0 amide bonds. The van der Waals surface area contributed by atoms with Crippen molar-refractivity contribution in [1.82, 2.24) is 0 Å². The highest BCUT2D eigenvalue weighted by molar-refractivity contribution is 5.98. The number of Topliss-reactive ketones (excluding diaryl/α,β-unsaturated/α-hetero) is 1. The summed E-state index contributed by atoms with van der Waals surface area (Å²) in [7, 11) is 0. The maximum atomic E-state index is 11.0. The summed E-state index contributed by atoms with van der Waals surface area (Å²) in [5.41, 5.74) is 0.891. The number of allylic oxidation sites excluding steroid dienone is 3. The molecule has 0 aromatic carbocycles. The summed E-state index contributed by atoms with van der Waals surface area (Å²) in [4.78, 5) is 11.0. The van der Waals surface area contributed by atoms with Gasteiger partial charge in [0.2, 0.25) is 0 Å². The lowest BCUT2D eigenvalue weighted by Gasteiger charge is -2.06. The summed E-state index contributed by atoms with van der Waals surface area (Å²) >= 11 is 0. The third-order valence-corrected chi connectivity index (χ3v) is 1.88. The van der Waals surface area contributed by atoms with Crippen LogP contribution in [0.3, 0.4) is 0 Å². The van der Waals surface area contributed by atoms with Crippen molar-refractivity contribution in [2.24, 2.45) is 0 Å². The largest absolute Gasteiger partial charge is 0.469 e. The van der Waals surface area contributed by atoms with Crippen molar-refractivity contribution < 1.29 is 9.53 Å². The van der Waals surface area contributed by atoms with Crippen LogP contribution in [-0.4, -0.2) is 5.78 Å². The number of carbonyl (C=O) groups excluding carboxylic acids is 1. The van der Waals surface area contributed by atoms with Gasteiger partial charge in [-0.2, -0.15) is 0 Å². The minimum atomic E-state index is 0.263. The van der Waals surface area contributed by atoms with E-state index in [1.54, 1.807) is 6.26 Å². The Morgan fingerprint density at radius 3 is 3.10 bits per heavy atom. The highest BCUT2D eigenvalue weighted by Crippen LogP contribution is 2.29. The molecule has 0 aromatic rings. The van der Waals surface area contributed by atoms with E-state index in [-0.39, 0.29) is 5.78 Å². The van der Waals surface area contributed by atoms with E-state index < -0.39 is 0 Å². The number of ketones is 1. The van der Waals surface area contributed by atoms with E-state index in [1.165, 1.54) is 0 Å². The van der Waals surface area contributed by atoms with Gasteiger partial charge in [0.25, 0.3) is 0 Å². The molecule has 2 aliphatic rings. The van der Waals surface area contributed by atoms with Crippen LogP contribution in [0.5, 0.6) is 0 Å². The van der Waals surface area contributed by atoms with Gasteiger partial charge in [-0.3, -0.25) is 4.79 Å². The Labute approximate surface area is 59.2 Å². The van der Waals surface area contributed by atoms with Gasteiger partial charge in [-0.1, -0.05) is 0 Å². The Morgan fingerprint density at radius 1 is 1.40 bits per heavy atom. The van der Waals surface area contributed by atoms with Gasteiger partial charge in [-0.15, -0.1) is 0 Å². The lowest BCUT2D eigenvalue weighted by molar-refractivity contribution is -0.115. The zero-order chi connectivity index (χ0) is 6.97. The first-order valence-electron chi connectivity index (χ1n) is 3.45. The minimum Gasteiger partial charge on any atom is -0.469 e. The first kappa shape index (κ1) is 5.71. The molecule has 0 saturated carbocycles. The van der Waals surface area contributed by atoms with E-state index in [1.807, 2.05) is 6.08 Å². The third kappa shape index (κ3) is 0.685. The number of rotatable bonds is 0. The van der Waals surface area contributed by atoms with Gasteiger partial charge in [0.1, 0.15) is 5.76 Å². The molecule has 1 heterocycles. The quantitative estimate of drug-likeness (QED) is 0.505. The molecular weight excluding hydrogens is 128 g/mol. The second-order valence-corrected chi connectivity index (χ2v) is 2.52. The van der Waals surface area contributed by atoms with Crippen LogP contribution in [0.15, 0.2) is 23.7 Å². The fraction of sp³-hybridized carbons (Fsp3) is 0.375. The van der Waals surface area contributed by atoms with Gasteiger partial charge in [0.05, 0.1) is 6.26 Å². The second-order valence-electron chi connectivity index (χ2n) is 2.52. The van der Waals surface area contributed by atoms with Crippen LogP contribution in [0.4, 0.5) is 0 Å². The molecule has 2 rings (SSSR count). The normalized spacial score (nSPS) is 23.0. The number of carbonyl (C=O) groups is 1. The average molecular weight is 136 g/mol. The predicted molar refractivity (Wildman–Crippen MR) is 36.1 cm³/mol. The second kappa shape index (κ2) is 1.97. The van der Waals surface area contributed by atoms with Gasteiger partial charge in [0, 0.05) is 24.8 Å². The van der Waals surface area contributed by atoms with E-state index in [0.717, 1.165) is 24.2 Å². The highest BCUT2D eigenvalue weighted by atomic mass is 16.5. The molecule has 0 unspecified atom stereocenters. The standard InChI is InChI=1S/C8H8O2/c9-7-3-4-8-6(7)2-1-5-10-8/h1,5H,2-4H2. The van der Waals surface area contributed by atoms with E-state index in [0.29, 0.717) is 6.42 Å². The lowest BCUT2D eigenvalue weighted by atomic mass is 10.1. The SMILES string of the molecule is O=C1CCC2=C1CC=CO2. The molecular formula is C8H8O2. The van der Waals surface area contributed by atoms with Gasteiger partial charge < -0.3 is 4.74 Å². The van der Waals surface area contributed by atoms with Crippen LogP contribution < -0.4 is 0 Å². The van der Waals surface area contributed by atoms with Crippen molar-refractivity contribution in [3.63, 3.8) is 0 Å². The highest BCUT2D eigenvalue weighted by Gasteiger charge is 2.24. The molecule has 0 N–H and O–H groups in total. The van der Waals surface area contributed by atoms with Crippen molar-refractivity contribution in [3.05, 3.63) is 23.7 Å². The first-order chi connectivity index (χ1) is 4.88. The monoisotopic (exact) mass is 136 g/mol. The number of ether oxygens (including phenoxy) is 1. The van der Waals surface area contributed by atoms with E-state index in [2.05, 4.69) is 0 Å². The molecule has 0 aromatic heterocycles. The number of hydrogen-bond acceptors (Lipinski definition) is 2. The Morgan fingerprint density at radius 2 is 2.30 bits per heavy atom. The topological polar surface area (TPSA) is 26.3 Å². The average Bonchev–Trinajstić information content (AvgIpc) is 2.34. The summed E-state index contributed by atoms with van der Waals surface area (Å²) < 4.78 is 5.15. The zero-order valence-electron chi connectivity index (χ0n) is 5.59. The third-order valence-electron chi connectivity index (χ3n) is 1.88. The van der Waals surface area contributed by atoms with Crippen molar-refractivity contribution in [2.75, 3.05) is 0 Å². The summed E-state index contributed by atoms with van der Waals surface area (Å²) in [6.45, 7) is 0. The van der Waals surface area contributed by atoms with Crippen LogP contribution in [-0.2, 0) is 9.53 Å². The van der Waals surface area contributed by atoms with Crippen molar-refractivity contribution in [3.8, 4) is 0 Å². The van der Waals surface area contributed by atoms with Gasteiger partial charge in [-0.05, 0) is 6.08 Å². The van der Waals surface area contributed by atoms with Gasteiger partial charge in [-0.25, -0.2) is 0 Å². The molecule has 2 heteroatoms. The van der Waals surface area contributed by atoms with E-state index in [9.17, 15) is 4.79 Å². The Kier molecular flexibility index (Phi) is 1.13. The molecule has 10 heavy (non-hydrogen) atoms. The molecule has 0 atom stereocenters. The minimum absolute atomic E-state index is 0.263. The van der Waals surface area contributed by atoms with Gasteiger partial charge in [0.15, 0.2) is 5.78 Å². The smallest absolute Gasteiger partial charge is 0.163 e. The molecule has 1 aliphatic carbocycles. The van der Waals surface area contributed by atoms with Crippen LogP contribution in [0, 0.1) is 0 Å². The summed E-state index contributed by atoms with van der Waals surface area (Å²) in [5.74, 6) is 1.16. The van der Waals surface area contributed by atoms with Crippen LogP contribution >= 0.6 is 0 Å². The summed E-state index contributed by atoms with van der Waals surface area (Å²) in [6.07, 6.45) is 5.76. The molecule has 52 valence electrons. The van der Waals surface area contributed by atoms with Crippen LogP contribution in [0.1, 0.15) is 19.3 Å². The number of hydrogen-bond donors (Lipinski definition) is 0. The van der Waals surface area contributed by atoms with Gasteiger partial charge >= 0.3 is 0 Å². The Bertz CT molecular complexity index is 236. The Hall–Kier alpha value is -1.05. The molecule has 0 radical (unpaired) electrons. The summed E-state index contributed by atoms with van der Waals surface area (Å²) in [6, 6.07) is 0. The van der Waals surface area contributed by atoms with Crippen molar-refractivity contribution in [2.45, 2.75) is 19.3 Å². The predicted octanol–water partition coefficient (Wildman–Crippen LogP) is 1.54. The molecule has 0 fully saturated rings. The van der Waals surface area contributed by atoms with Crippen LogP contribution in [0.2, 0.25) is 0 Å². The Balaban J connectivity index is 2.31. The fourth-order valence-corrected chi connectivity index (χ4v) is 1.34. The molecule has 0 spiro atoms. The molecule has 0 bridgehead atoms. The van der Waals surface area contributed by atoms with Crippen molar-refractivity contribution in [1.29, 1.82) is 0 Å². The molecule has 2 nitrogen and oxygen atoms in total. The van der Waals surface area contributed by atoms with Crippen LogP contribution in [0.25, 0.3) is 0 Å². The zero-order valence-corrected chi connectivity index (χ0v) is 5.59. The first-order valence-corrected chi connectivity index (χ1v) is 3.45. The maximum absolute atomic E-state index is 11.0. The van der Waals surface area contributed by atoms with E-state index >= 15 is 0 Å². The van der Waals surface area contributed by atoms with E-state index in [4.69, 9.17) is 4.74 Å². The lowest BCUT2D eigenvalue weighted by Crippen LogP contribution is -1.98.